The molecule has 2 aromatic carbocycles. The van der Waals surface area contributed by atoms with Crippen molar-refractivity contribution in [2.45, 2.75) is 18.8 Å². The van der Waals surface area contributed by atoms with E-state index in [1.165, 1.54) is 41.4 Å². The number of benzene rings is 2. The van der Waals surface area contributed by atoms with Crippen molar-refractivity contribution in [2.24, 2.45) is 0 Å². The van der Waals surface area contributed by atoms with E-state index in [9.17, 15) is 4.39 Å². The number of hydrogen-bond acceptors (Lipinski definition) is 1. The minimum Gasteiger partial charge on any atom is -0.361 e. The first-order valence-electron chi connectivity index (χ1n) is 7.89. The van der Waals surface area contributed by atoms with Crippen LogP contribution < -0.4 is 5.32 Å². The van der Waals surface area contributed by atoms with E-state index >= 15 is 0 Å². The lowest BCUT2D eigenvalue weighted by molar-refractivity contribution is 0.462. The number of fused-ring (bicyclic) bond motifs is 1. The molecular formula is C19H19FN2. The van der Waals surface area contributed by atoms with E-state index in [4.69, 9.17) is 0 Å². The summed E-state index contributed by atoms with van der Waals surface area (Å²) in [5, 5.41) is 4.72. The van der Waals surface area contributed by atoms with Gasteiger partial charge >= 0.3 is 0 Å². The lowest BCUT2D eigenvalue weighted by atomic mass is 9.89. The fourth-order valence-electron chi connectivity index (χ4n) is 3.43. The molecule has 0 bridgehead atoms. The number of aromatic amines is 1. The second-order valence-electron chi connectivity index (χ2n) is 6.04. The van der Waals surface area contributed by atoms with Crippen molar-refractivity contribution >= 4 is 10.9 Å². The lowest BCUT2D eigenvalue weighted by Gasteiger charge is -2.22. The molecule has 0 saturated carbocycles. The van der Waals surface area contributed by atoms with Crippen molar-refractivity contribution in [3.8, 4) is 11.1 Å². The van der Waals surface area contributed by atoms with E-state index in [0.717, 1.165) is 24.2 Å². The number of halogens is 1. The van der Waals surface area contributed by atoms with Crippen LogP contribution in [0.4, 0.5) is 4.39 Å². The maximum absolute atomic E-state index is 13.1. The summed E-state index contributed by atoms with van der Waals surface area (Å²) in [5.74, 6) is 0.431. The Morgan fingerprint density at radius 3 is 2.41 bits per heavy atom. The van der Waals surface area contributed by atoms with Gasteiger partial charge in [0.1, 0.15) is 5.82 Å². The number of piperidine rings is 1. The average molecular weight is 294 g/mol. The highest BCUT2D eigenvalue weighted by Crippen LogP contribution is 2.33. The third kappa shape index (κ3) is 2.42. The van der Waals surface area contributed by atoms with Crippen LogP contribution in [0.2, 0.25) is 0 Å². The molecule has 2 N–H and O–H groups in total. The van der Waals surface area contributed by atoms with Gasteiger partial charge in [-0.15, -0.1) is 0 Å². The molecule has 22 heavy (non-hydrogen) atoms. The number of aromatic nitrogens is 1. The quantitative estimate of drug-likeness (QED) is 0.718. The molecule has 0 unspecified atom stereocenters. The van der Waals surface area contributed by atoms with Crippen LogP contribution in [-0.2, 0) is 0 Å². The Balaban J connectivity index is 1.77. The monoisotopic (exact) mass is 294 g/mol. The van der Waals surface area contributed by atoms with Crippen LogP contribution in [0.25, 0.3) is 22.0 Å². The molecule has 3 heteroatoms. The van der Waals surface area contributed by atoms with Crippen LogP contribution in [0.1, 0.15) is 24.3 Å². The molecule has 0 aliphatic carbocycles. The van der Waals surface area contributed by atoms with Crippen molar-refractivity contribution in [2.75, 3.05) is 13.1 Å². The molecule has 3 aromatic rings. The number of rotatable bonds is 2. The summed E-state index contributed by atoms with van der Waals surface area (Å²) in [5.41, 5.74) is 4.79. The lowest BCUT2D eigenvalue weighted by Crippen LogP contribution is -2.26. The van der Waals surface area contributed by atoms with Crippen LogP contribution in [0.15, 0.2) is 48.7 Å². The van der Waals surface area contributed by atoms with E-state index in [2.05, 4.69) is 34.7 Å². The van der Waals surface area contributed by atoms with Gasteiger partial charge in [-0.3, -0.25) is 0 Å². The molecule has 0 amide bonds. The standard InChI is InChI=1S/C19H19FN2/c20-16-4-1-13(2-5-16)15-3-6-19-17(11-15)18(12-22-19)14-7-9-21-10-8-14/h1-6,11-12,14,21-22H,7-10H2. The SMILES string of the molecule is Fc1ccc(-c2ccc3[nH]cc(C4CCNCC4)c3c2)cc1. The molecule has 1 aromatic heterocycles. The van der Waals surface area contributed by atoms with Crippen LogP contribution in [-0.4, -0.2) is 18.1 Å². The highest BCUT2D eigenvalue weighted by molar-refractivity contribution is 5.88. The molecule has 1 aliphatic heterocycles. The van der Waals surface area contributed by atoms with Gasteiger partial charge in [-0.1, -0.05) is 18.2 Å². The smallest absolute Gasteiger partial charge is 0.123 e. The van der Waals surface area contributed by atoms with Crippen molar-refractivity contribution in [3.05, 3.63) is 60.0 Å². The summed E-state index contributed by atoms with van der Waals surface area (Å²) in [6, 6.07) is 13.2. The summed E-state index contributed by atoms with van der Waals surface area (Å²) < 4.78 is 13.1. The van der Waals surface area contributed by atoms with Crippen molar-refractivity contribution in [1.82, 2.24) is 10.3 Å². The maximum Gasteiger partial charge on any atom is 0.123 e. The molecule has 1 fully saturated rings. The van der Waals surface area contributed by atoms with Crippen LogP contribution in [0.3, 0.4) is 0 Å². The van der Waals surface area contributed by atoms with Gasteiger partial charge in [0, 0.05) is 17.1 Å². The highest BCUT2D eigenvalue weighted by Gasteiger charge is 2.18. The van der Waals surface area contributed by atoms with E-state index in [1.54, 1.807) is 0 Å². The van der Waals surface area contributed by atoms with Gasteiger partial charge < -0.3 is 10.3 Å². The summed E-state index contributed by atoms with van der Waals surface area (Å²) >= 11 is 0. The fourth-order valence-corrected chi connectivity index (χ4v) is 3.43. The predicted octanol–water partition coefficient (Wildman–Crippen LogP) is 4.44. The Hall–Kier alpha value is -2.13. The minimum atomic E-state index is -0.193. The van der Waals surface area contributed by atoms with Gasteiger partial charge in [-0.25, -0.2) is 4.39 Å². The summed E-state index contributed by atoms with van der Waals surface area (Å²) in [6.07, 6.45) is 4.54. The normalized spacial score (nSPS) is 16.2. The topological polar surface area (TPSA) is 27.8 Å². The molecule has 0 spiro atoms. The molecule has 4 rings (SSSR count). The van der Waals surface area contributed by atoms with Gasteiger partial charge in [0.25, 0.3) is 0 Å². The number of hydrogen-bond donors (Lipinski definition) is 2. The molecule has 2 nitrogen and oxygen atoms in total. The first-order chi connectivity index (χ1) is 10.8. The second-order valence-corrected chi connectivity index (χ2v) is 6.04. The highest BCUT2D eigenvalue weighted by atomic mass is 19.1. The van der Waals surface area contributed by atoms with Crippen LogP contribution in [0, 0.1) is 5.82 Å². The summed E-state index contributed by atoms with van der Waals surface area (Å²) in [4.78, 5) is 3.39. The number of H-pyrrole nitrogens is 1. The molecule has 2 heterocycles. The average Bonchev–Trinajstić information content (AvgIpc) is 2.99. The zero-order valence-corrected chi connectivity index (χ0v) is 12.4. The van der Waals surface area contributed by atoms with E-state index in [0.29, 0.717) is 5.92 Å². The zero-order chi connectivity index (χ0) is 14.9. The zero-order valence-electron chi connectivity index (χ0n) is 12.4. The predicted molar refractivity (Wildman–Crippen MR) is 88.5 cm³/mol. The Morgan fingerprint density at radius 2 is 1.64 bits per heavy atom. The van der Waals surface area contributed by atoms with Crippen LogP contribution >= 0.6 is 0 Å². The number of nitrogens with one attached hydrogen (secondary N) is 2. The van der Waals surface area contributed by atoms with Gasteiger partial charge in [0.05, 0.1) is 0 Å². The Bertz CT molecular complexity index is 783. The third-order valence-electron chi connectivity index (χ3n) is 4.67. The van der Waals surface area contributed by atoms with Gasteiger partial charge in [0.2, 0.25) is 0 Å². The van der Waals surface area contributed by atoms with Crippen molar-refractivity contribution in [3.63, 3.8) is 0 Å². The molecule has 1 aliphatic rings. The Labute approximate surface area is 129 Å². The minimum absolute atomic E-state index is 0.193. The Morgan fingerprint density at radius 1 is 0.909 bits per heavy atom. The molecule has 0 radical (unpaired) electrons. The van der Waals surface area contributed by atoms with E-state index < -0.39 is 0 Å². The van der Waals surface area contributed by atoms with Gasteiger partial charge in [0.15, 0.2) is 0 Å². The molecule has 0 atom stereocenters. The van der Waals surface area contributed by atoms with Crippen LogP contribution in [0.5, 0.6) is 0 Å². The third-order valence-corrected chi connectivity index (χ3v) is 4.67. The Kier molecular flexibility index (Phi) is 3.43. The molecule has 1 saturated heterocycles. The van der Waals surface area contributed by atoms with Gasteiger partial charge in [-0.05, 0) is 72.8 Å². The summed E-state index contributed by atoms with van der Waals surface area (Å²) in [7, 11) is 0. The summed E-state index contributed by atoms with van der Waals surface area (Å²) in [6.45, 7) is 2.18. The van der Waals surface area contributed by atoms with Crippen molar-refractivity contribution < 1.29 is 4.39 Å². The second kappa shape index (κ2) is 5.58. The fraction of sp³-hybridized carbons (Fsp3) is 0.263. The van der Waals surface area contributed by atoms with E-state index in [-0.39, 0.29) is 5.82 Å². The first kappa shape index (κ1) is 13.5. The first-order valence-corrected chi connectivity index (χ1v) is 7.89. The molecular weight excluding hydrogens is 275 g/mol. The van der Waals surface area contributed by atoms with Gasteiger partial charge in [-0.2, -0.15) is 0 Å². The maximum atomic E-state index is 13.1. The van der Waals surface area contributed by atoms with Crippen molar-refractivity contribution in [1.29, 1.82) is 0 Å². The largest absolute Gasteiger partial charge is 0.361 e. The molecule has 112 valence electrons. The van der Waals surface area contributed by atoms with E-state index in [1.807, 2.05) is 12.1 Å².